The van der Waals surface area contributed by atoms with Crippen LogP contribution in [0.2, 0.25) is 0 Å². The Hall–Kier alpha value is -12.9. The largest absolute Gasteiger partial charge is 0.351 e. The molecule has 6 aliphatic heterocycles. The average Bonchev–Trinajstić information content (AvgIpc) is 1.66. The molecule has 0 aliphatic carbocycles. The van der Waals surface area contributed by atoms with Gasteiger partial charge in [-0.3, -0.25) is 24.7 Å². The van der Waals surface area contributed by atoms with Gasteiger partial charge < -0.3 is 44.1 Å². The highest BCUT2D eigenvalue weighted by atomic mass is 15.5. The molecule has 18 rings (SSSR count). The molecule has 6 atom stereocenters. The normalized spacial score (nSPS) is 15.3. The van der Waals surface area contributed by atoms with Gasteiger partial charge in [0.15, 0.2) is 52.4 Å². The smallest absolute Gasteiger partial charge is 0.178 e. The number of hydrogen-bond acceptors (Lipinski definition) is 28. The maximum absolute atomic E-state index is 4.50. The van der Waals surface area contributed by atoms with E-state index in [2.05, 4.69) is 290 Å². The summed E-state index contributed by atoms with van der Waals surface area (Å²) in [4.78, 5) is 96.2. The van der Waals surface area contributed by atoms with Crippen LogP contribution in [0.1, 0.15) is 241 Å². The first kappa shape index (κ1) is 117. The maximum Gasteiger partial charge on any atom is 0.178 e. The molecule has 0 radical (unpaired) electrons. The zero-order valence-electron chi connectivity index (χ0n) is 88.5. The van der Waals surface area contributed by atoms with Gasteiger partial charge in [-0.25, -0.2) is 69.8 Å². The minimum atomic E-state index is 0.185. The van der Waals surface area contributed by atoms with Gasteiger partial charge in [0.05, 0.1) is 57.4 Å². The summed E-state index contributed by atoms with van der Waals surface area (Å²) in [5.74, 6) is 10.3. The molecule has 132 heavy (non-hydrogen) atoms. The van der Waals surface area contributed by atoms with E-state index in [9.17, 15) is 0 Å². The predicted octanol–water partition coefficient (Wildman–Crippen LogP) is 26.2. The van der Waals surface area contributed by atoms with Gasteiger partial charge in [0.1, 0.15) is 61.3 Å². The fourth-order valence-corrected chi connectivity index (χ4v) is 14.1. The van der Waals surface area contributed by atoms with E-state index < -0.39 is 0 Å². The van der Waals surface area contributed by atoms with Crippen LogP contribution in [0, 0.1) is 41.5 Å². The molecule has 0 N–H and O–H groups in total. The number of pyridine rings is 6. The summed E-state index contributed by atoms with van der Waals surface area (Å²) in [6.07, 6.45) is 29.3. The van der Waals surface area contributed by atoms with E-state index in [0.29, 0.717) is 0 Å². The van der Waals surface area contributed by atoms with Gasteiger partial charge in [-0.2, -0.15) is 0 Å². The highest BCUT2D eigenvalue weighted by molar-refractivity contribution is 5.85. The molecular formula is C104H164N28. The van der Waals surface area contributed by atoms with Crippen LogP contribution in [0.25, 0.3) is 0 Å². The highest BCUT2D eigenvalue weighted by Gasteiger charge is 2.40. The third-order valence-electron chi connectivity index (χ3n) is 20.7. The van der Waals surface area contributed by atoms with Crippen LogP contribution in [0.4, 0.5) is 104 Å². The van der Waals surface area contributed by atoms with Gasteiger partial charge >= 0.3 is 0 Å². The Labute approximate surface area is 796 Å². The Kier molecular flexibility index (Phi) is 55.4. The second kappa shape index (κ2) is 62.4. The second-order valence-corrected chi connectivity index (χ2v) is 27.0. The Balaban J connectivity index is 0.000000756. The van der Waals surface area contributed by atoms with Crippen LogP contribution in [-0.2, 0) is 0 Å². The summed E-state index contributed by atoms with van der Waals surface area (Å²) < 4.78 is 0. The van der Waals surface area contributed by atoms with Crippen molar-refractivity contribution in [2.24, 2.45) is 0 Å². The quantitative estimate of drug-likeness (QED) is 0.150. The van der Waals surface area contributed by atoms with Crippen molar-refractivity contribution >= 4 is 104 Å². The molecule has 0 saturated heterocycles. The number of aryl methyl sites for hydroxylation is 6. The van der Waals surface area contributed by atoms with E-state index in [1.165, 1.54) is 11.3 Å². The lowest BCUT2D eigenvalue weighted by molar-refractivity contribution is 0.719. The number of anilines is 18. The Morgan fingerprint density at radius 1 is 0.182 bits per heavy atom. The summed E-state index contributed by atoms with van der Waals surface area (Å²) in [5, 5.41) is 0. The van der Waals surface area contributed by atoms with Crippen molar-refractivity contribution in [1.29, 1.82) is 0 Å². The molecule has 0 amide bonds. The van der Waals surface area contributed by atoms with Gasteiger partial charge in [0.25, 0.3) is 0 Å². The van der Waals surface area contributed by atoms with Crippen LogP contribution in [0.15, 0.2) is 196 Å². The number of fused-ring (bicyclic) bond motifs is 6. The zero-order valence-corrected chi connectivity index (χ0v) is 88.5. The van der Waals surface area contributed by atoms with Crippen molar-refractivity contribution in [2.45, 2.75) is 286 Å². The van der Waals surface area contributed by atoms with Crippen LogP contribution in [0.3, 0.4) is 0 Å². The van der Waals surface area contributed by atoms with Gasteiger partial charge in [-0.1, -0.05) is 190 Å². The Bertz CT molecular complexity index is 4320. The Morgan fingerprint density at radius 3 is 0.803 bits per heavy atom. The van der Waals surface area contributed by atoms with Gasteiger partial charge in [-0.05, 0) is 167 Å². The van der Waals surface area contributed by atoms with E-state index in [1.807, 2.05) is 281 Å². The highest BCUT2D eigenvalue weighted by Crippen LogP contribution is 2.47. The first-order valence-electron chi connectivity index (χ1n) is 47.9. The van der Waals surface area contributed by atoms with Crippen molar-refractivity contribution < 1.29 is 0 Å². The SMILES string of the molecule is CC.CC.CC.CC.CC.CC.CC.CC.CC.CC.CC.CC.Cc1ccccc1N1c2nccnc2N(C)C1C.Cc1cccnc1N1c2ncccc2N(C)C1C.Cc1cncnc1N1c2ncccc2N(C)C1C.Cc1ncccc1N1c2nccnc2N(C)C1C.Cc1nccnc1N1c2ncccc2N(C)C1C.Cc1ncncc1N1c2ncccc2N(C)C1C. The minimum absolute atomic E-state index is 0.185. The van der Waals surface area contributed by atoms with Crippen molar-refractivity contribution in [2.75, 3.05) is 101 Å². The molecule has 0 bridgehead atoms. The fourth-order valence-electron chi connectivity index (χ4n) is 14.1. The first-order valence-corrected chi connectivity index (χ1v) is 47.9. The Morgan fingerprint density at radius 2 is 0.432 bits per heavy atom. The van der Waals surface area contributed by atoms with E-state index >= 15 is 0 Å². The molecule has 28 heteroatoms. The molecule has 17 heterocycles. The van der Waals surface area contributed by atoms with Crippen LogP contribution >= 0.6 is 0 Å². The molecule has 12 aromatic rings. The lowest BCUT2D eigenvalue weighted by Crippen LogP contribution is -2.36. The summed E-state index contributed by atoms with van der Waals surface area (Å²) >= 11 is 0. The van der Waals surface area contributed by atoms with Crippen molar-refractivity contribution in [3.05, 3.63) is 230 Å². The summed E-state index contributed by atoms with van der Waals surface area (Å²) in [5.41, 5.74) is 14.1. The molecule has 720 valence electrons. The van der Waals surface area contributed by atoms with Gasteiger partial charge in [-0.15, -0.1) is 0 Å². The van der Waals surface area contributed by atoms with Crippen molar-refractivity contribution in [3.63, 3.8) is 0 Å². The number of benzene rings is 1. The van der Waals surface area contributed by atoms with Crippen LogP contribution in [-0.4, -0.2) is 159 Å². The summed E-state index contributed by atoms with van der Waals surface area (Å²) in [6, 6.07) is 32.6. The third kappa shape index (κ3) is 27.6. The van der Waals surface area contributed by atoms with E-state index in [0.717, 1.165) is 126 Å². The van der Waals surface area contributed by atoms with E-state index in [4.69, 9.17) is 0 Å². The third-order valence-corrected chi connectivity index (χ3v) is 20.7. The second-order valence-electron chi connectivity index (χ2n) is 27.0. The number of rotatable bonds is 6. The number of para-hydroxylation sites is 1. The van der Waals surface area contributed by atoms with Crippen molar-refractivity contribution in [1.82, 2.24) is 79.7 Å². The lowest BCUT2D eigenvalue weighted by atomic mass is 10.2. The first-order chi connectivity index (χ1) is 64.2. The van der Waals surface area contributed by atoms with Crippen LogP contribution < -0.4 is 58.8 Å². The molecule has 28 nitrogen and oxygen atoms in total. The van der Waals surface area contributed by atoms with Gasteiger partial charge in [0, 0.05) is 134 Å². The lowest BCUT2D eigenvalue weighted by Gasteiger charge is -2.27. The molecular weight excluding hydrogens is 1640 g/mol. The number of nitrogens with zero attached hydrogens (tertiary/aromatic N) is 28. The molecule has 6 aliphatic rings. The average molecular weight is 1810 g/mol. The molecule has 6 unspecified atom stereocenters. The maximum atomic E-state index is 4.50. The number of hydrogen-bond donors (Lipinski definition) is 0. The fraction of sp³-hybridized carbons (Fsp3) is 0.462. The molecule has 0 saturated carbocycles. The summed E-state index contributed by atoms with van der Waals surface area (Å²) in [6.45, 7) is 73.1. The van der Waals surface area contributed by atoms with Gasteiger partial charge in [0.2, 0.25) is 0 Å². The molecule has 0 fully saturated rings. The zero-order chi connectivity index (χ0) is 100. The number of aromatic nitrogens is 16. The minimum Gasteiger partial charge on any atom is -0.351 e. The molecule has 11 aromatic heterocycles. The summed E-state index contributed by atoms with van der Waals surface area (Å²) in [7, 11) is 12.4. The predicted molar refractivity (Wildman–Crippen MR) is 567 cm³/mol. The topological polar surface area (TPSA) is 245 Å². The van der Waals surface area contributed by atoms with E-state index in [-0.39, 0.29) is 37.0 Å². The van der Waals surface area contributed by atoms with Crippen molar-refractivity contribution in [3.8, 4) is 0 Å². The monoisotopic (exact) mass is 1810 g/mol. The van der Waals surface area contributed by atoms with E-state index in [1.54, 1.807) is 56.0 Å². The standard InChI is InChI=1S/2C14H16N4.4C13H15N5.12C2H6/c1-10-6-4-8-15-13(10)18-11(2)17(3)12-7-5-9-16-14(12)18;1-10-6-4-5-7-12(10)18-11(2)17(3)13-14(18)16-9-8-15-13;1-9-12(7-14-8-16-9)18-10(2)17(3)11-5-4-6-15-13(11)18;1-9-7-14-8-16-12(9)18-10(2)17(3)11-5-4-6-15-13(11)18;1-9-12(16-8-7-14-9)18-10(2)17(3)11-5-4-6-15-13(11)18;1-9-11(5-4-6-14-9)18-10(2)17(3)12-13(18)16-8-7-15-12;12*1-2/h2*4-9,11H,1-3H3;4*4-8,10H,1-3H3;12*1-2H3. The van der Waals surface area contributed by atoms with Crippen LogP contribution in [0.5, 0.6) is 0 Å². The molecule has 1 aromatic carbocycles. The molecule has 0 spiro atoms.